The van der Waals surface area contributed by atoms with Crippen molar-refractivity contribution in [3.63, 3.8) is 0 Å². The Morgan fingerprint density at radius 1 is 1.19 bits per heavy atom. The standard InChI is InChI=1S/C17H23N3O/c1-20(15-9-7-14(18)8-10-15)12-17-19-11-16(21-17)13-5-3-2-4-6-13/h2-6,11,14-15H,7-10,12,18H2,1H3. The maximum atomic E-state index is 5.97. The van der Waals surface area contributed by atoms with Crippen molar-refractivity contribution in [2.75, 3.05) is 7.05 Å². The number of oxazole rings is 1. The molecular weight excluding hydrogens is 262 g/mol. The van der Waals surface area contributed by atoms with E-state index < -0.39 is 0 Å². The summed E-state index contributed by atoms with van der Waals surface area (Å²) in [6.07, 6.45) is 6.40. The van der Waals surface area contributed by atoms with Crippen LogP contribution in [0.25, 0.3) is 11.3 Å². The van der Waals surface area contributed by atoms with Crippen molar-refractivity contribution < 1.29 is 4.42 Å². The first-order chi connectivity index (χ1) is 10.2. The van der Waals surface area contributed by atoms with Crippen LogP contribution < -0.4 is 5.73 Å². The minimum Gasteiger partial charge on any atom is -0.439 e. The second-order valence-electron chi connectivity index (χ2n) is 5.97. The number of rotatable bonds is 4. The van der Waals surface area contributed by atoms with Crippen molar-refractivity contribution in [1.29, 1.82) is 0 Å². The molecule has 0 unspecified atom stereocenters. The van der Waals surface area contributed by atoms with E-state index in [0.29, 0.717) is 12.1 Å². The first-order valence-electron chi connectivity index (χ1n) is 7.68. The Morgan fingerprint density at radius 3 is 2.62 bits per heavy atom. The maximum absolute atomic E-state index is 5.97. The molecule has 0 radical (unpaired) electrons. The van der Waals surface area contributed by atoms with E-state index in [1.165, 1.54) is 12.8 Å². The smallest absolute Gasteiger partial charge is 0.209 e. The maximum Gasteiger partial charge on any atom is 0.209 e. The zero-order valence-corrected chi connectivity index (χ0v) is 12.5. The third-order valence-electron chi connectivity index (χ3n) is 4.36. The van der Waals surface area contributed by atoms with E-state index >= 15 is 0 Å². The molecule has 1 saturated carbocycles. The number of nitrogens with two attached hydrogens (primary N) is 1. The highest BCUT2D eigenvalue weighted by Gasteiger charge is 2.22. The Labute approximate surface area is 126 Å². The lowest BCUT2D eigenvalue weighted by molar-refractivity contribution is 0.163. The normalized spacial score (nSPS) is 22.6. The van der Waals surface area contributed by atoms with Crippen molar-refractivity contribution in [3.05, 3.63) is 42.4 Å². The average Bonchev–Trinajstić information content (AvgIpc) is 2.97. The number of benzene rings is 1. The Kier molecular flexibility index (Phi) is 4.36. The lowest BCUT2D eigenvalue weighted by atomic mass is 9.91. The summed E-state index contributed by atoms with van der Waals surface area (Å²) >= 11 is 0. The Balaban J connectivity index is 1.62. The van der Waals surface area contributed by atoms with Crippen LogP contribution in [0.3, 0.4) is 0 Å². The van der Waals surface area contributed by atoms with Gasteiger partial charge in [-0.05, 0) is 32.7 Å². The third kappa shape index (κ3) is 3.52. The lowest BCUT2D eigenvalue weighted by Gasteiger charge is -2.32. The van der Waals surface area contributed by atoms with Gasteiger partial charge in [0.1, 0.15) is 0 Å². The first-order valence-corrected chi connectivity index (χ1v) is 7.68. The number of nitrogens with zero attached hydrogens (tertiary/aromatic N) is 2. The SMILES string of the molecule is CN(Cc1ncc(-c2ccccc2)o1)C1CCC(N)CC1. The van der Waals surface area contributed by atoms with E-state index in [0.717, 1.165) is 36.6 Å². The van der Waals surface area contributed by atoms with E-state index in [4.69, 9.17) is 10.2 Å². The molecule has 2 aromatic rings. The van der Waals surface area contributed by atoms with Crippen molar-refractivity contribution in [2.45, 2.75) is 44.3 Å². The minimum absolute atomic E-state index is 0.390. The van der Waals surface area contributed by atoms with Crippen LogP contribution in [0.2, 0.25) is 0 Å². The van der Waals surface area contributed by atoms with E-state index in [1.54, 1.807) is 0 Å². The topological polar surface area (TPSA) is 55.3 Å². The highest BCUT2D eigenvalue weighted by atomic mass is 16.4. The van der Waals surface area contributed by atoms with Gasteiger partial charge in [0.05, 0.1) is 12.7 Å². The number of hydrogen-bond acceptors (Lipinski definition) is 4. The molecule has 1 aliphatic carbocycles. The van der Waals surface area contributed by atoms with Crippen LogP contribution in [-0.2, 0) is 6.54 Å². The fourth-order valence-electron chi connectivity index (χ4n) is 3.00. The highest BCUT2D eigenvalue weighted by molar-refractivity contribution is 5.55. The molecule has 4 nitrogen and oxygen atoms in total. The molecular formula is C17H23N3O. The highest BCUT2D eigenvalue weighted by Crippen LogP contribution is 2.24. The fraction of sp³-hybridized carbons (Fsp3) is 0.471. The van der Waals surface area contributed by atoms with Crippen LogP contribution in [0.4, 0.5) is 0 Å². The summed E-state index contributed by atoms with van der Waals surface area (Å²) in [5.41, 5.74) is 7.04. The van der Waals surface area contributed by atoms with Gasteiger partial charge in [-0.15, -0.1) is 0 Å². The molecule has 21 heavy (non-hydrogen) atoms. The molecule has 112 valence electrons. The average molecular weight is 285 g/mol. The summed E-state index contributed by atoms with van der Waals surface area (Å²) in [6.45, 7) is 0.757. The summed E-state index contributed by atoms with van der Waals surface area (Å²) in [5, 5.41) is 0. The summed E-state index contributed by atoms with van der Waals surface area (Å²) in [5.74, 6) is 1.62. The van der Waals surface area contributed by atoms with Crippen LogP contribution >= 0.6 is 0 Å². The molecule has 0 aliphatic heterocycles. The van der Waals surface area contributed by atoms with Gasteiger partial charge in [-0.1, -0.05) is 30.3 Å². The summed E-state index contributed by atoms with van der Waals surface area (Å²) in [6, 6.07) is 11.1. The molecule has 4 heteroatoms. The van der Waals surface area contributed by atoms with E-state index in [1.807, 2.05) is 36.5 Å². The molecule has 3 rings (SSSR count). The molecule has 1 fully saturated rings. The second-order valence-corrected chi connectivity index (χ2v) is 5.97. The molecule has 0 atom stereocenters. The first kappa shape index (κ1) is 14.3. The van der Waals surface area contributed by atoms with Gasteiger partial charge < -0.3 is 10.2 Å². The molecule has 0 spiro atoms. The lowest BCUT2D eigenvalue weighted by Crippen LogP contribution is -2.38. The Morgan fingerprint density at radius 2 is 1.90 bits per heavy atom. The molecule has 1 aromatic carbocycles. The largest absolute Gasteiger partial charge is 0.439 e. The van der Waals surface area contributed by atoms with Crippen LogP contribution in [0.1, 0.15) is 31.6 Å². The molecule has 0 bridgehead atoms. The van der Waals surface area contributed by atoms with E-state index in [9.17, 15) is 0 Å². The van der Waals surface area contributed by atoms with Crippen molar-refractivity contribution in [1.82, 2.24) is 9.88 Å². The summed E-state index contributed by atoms with van der Waals surface area (Å²) in [7, 11) is 2.15. The third-order valence-corrected chi connectivity index (χ3v) is 4.36. The van der Waals surface area contributed by atoms with Gasteiger partial charge in [-0.25, -0.2) is 4.98 Å². The van der Waals surface area contributed by atoms with Crippen molar-refractivity contribution >= 4 is 0 Å². The Bertz CT molecular complexity index is 558. The quantitative estimate of drug-likeness (QED) is 0.938. The molecule has 1 heterocycles. The molecule has 0 amide bonds. The van der Waals surface area contributed by atoms with Crippen LogP contribution in [0.15, 0.2) is 40.9 Å². The zero-order chi connectivity index (χ0) is 14.7. The number of aromatic nitrogens is 1. The van der Waals surface area contributed by atoms with Crippen molar-refractivity contribution in [3.8, 4) is 11.3 Å². The predicted molar refractivity (Wildman–Crippen MR) is 83.6 cm³/mol. The fourth-order valence-corrected chi connectivity index (χ4v) is 3.00. The Hall–Kier alpha value is -1.65. The van der Waals surface area contributed by atoms with Crippen LogP contribution in [0, 0.1) is 0 Å². The van der Waals surface area contributed by atoms with Gasteiger partial charge in [0.25, 0.3) is 0 Å². The van der Waals surface area contributed by atoms with E-state index in [-0.39, 0.29) is 0 Å². The molecule has 0 saturated heterocycles. The van der Waals surface area contributed by atoms with Gasteiger partial charge in [0, 0.05) is 17.6 Å². The van der Waals surface area contributed by atoms with Gasteiger partial charge >= 0.3 is 0 Å². The molecule has 1 aliphatic rings. The van der Waals surface area contributed by atoms with Gasteiger partial charge in [0.15, 0.2) is 5.76 Å². The van der Waals surface area contributed by atoms with Crippen LogP contribution in [-0.4, -0.2) is 29.0 Å². The minimum atomic E-state index is 0.390. The van der Waals surface area contributed by atoms with Crippen LogP contribution in [0.5, 0.6) is 0 Å². The zero-order valence-electron chi connectivity index (χ0n) is 12.5. The second kappa shape index (κ2) is 6.41. The predicted octanol–water partition coefficient (Wildman–Crippen LogP) is 3.04. The molecule has 2 N–H and O–H groups in total. The van der Waals surface area contributed by atoms with Gasteiger partial charge in [0.2, 0.25) is 5.89 Å². The van der Waals surface area contributed by atoms with Gasteiger partial charge in [-0.2, -0.15) is 0 Å². The number of hydrogen-bond donors (Lipinski definition) is 1. The van der Waals surface area contributed by atoms with Crippen molar-refractivity contribution in [2.24, 2.45) is 5.73 Å². The summed E-state index contributed by atoms with van der Waals surface area (Å²) in [4.78, 5) is 6.75. The molecule has 1 aromatic heterocycles. The monoisotopic (exact) mass is 285 g/mol. The van der Waals surface area contributed by atoms with Gasteiger partial charge in [-0.3, -0.25) is 4.90 Å². The summed E-state index contributed by atoms with van der Waals surface area (Å²) < 4.78 is 5.87. The van der Waals surface area contributed by atoms with E-state index in [2.05, 4.69) is 16.9 Å².